The lowest BCUT2D eigenvalue weighted by Crippen LogP contribution is -2.31. The van der Waals surface area contributed by atoms with Crippen LogP contribution < -0.4 is 15.5 Å². The highest BCUT2D eigenvalue weighted by Crippen LogP contribution is 2.23. The first-order chi connectivity index (χ1) is 14.0. The number of carbonyl (C=O) groups excluding carboxylic acids is 1. The molecule has 2 bridgehead atoms. The molecule has 1 aliphatic rings. The van der Waals surface area contributed by atoms with E-state index in [0.717, 1.165) is 12.8 Å². The molecule has 0 fully saturated rings. The largest absolute Gasteiger partial charge is 0.490 e. The van der Waals surface area contributed by atoms with Gasteiger partial charge in [0.05, 0.1) is 11.7 Å². The second-order valence-electron chi connectivity index (χ2n) is 6.91. The van der Waals surface area contributed by atoms with E-state index in [1.165, 1.54) is 12.1 Å². The predicted molar refractivity (Wildman–Crippen MR) is 107 cm³/mol. The van der Waals surface area contributed by atoms with Crippen LogP contribution in [0.25, 0.3) is 11.5 Å². The second-order valence-corrected chi connectivity index (χ2v) is 6.91. The number of amides is 1. The van der Waals surface area contributed by atoms with Crippen molar-refractivity contribution in [1.82, 2.24) is 19.7 Å². The summed E-state index contributed by atoms with van der Waals surface area (Å²) < 4.78 is 7.91. The third-order valence-corrected chi connectivity index (χ3v) is 4.72. The normalized spacial score (nSPS) is 16.7. The number of fused-ring (bicyclic) bond motifs is 5. The molecule has 3 heterocycles. The average molecular weight is 393 g/mol. The van der Waals surface area contributed by atoms with Crippen molar-refractivity contribution in [2.75, 3.05) is 5.32 Å². The molecule has 0 aliphatic carbocycles. The van der Waals surface area contributed by atoms with Gasteiger partial charge in [0, 0.05) is 6.54 Å². The van der Waals surface area contributed by atoms with Crippen LogP contribution in [0.3, 0.4) is 0 Å². The summed E-state index contributed by atoms with van der Waals surface area (Å²) in [4.78, 5) is 17.4. The van der Waals surface area contributed by atoms with E-state index in [4.69, 9.17) is 4.74 Å². The molecule has 3 aromatic rings. The molecule has 4 rings (SSSR count). The van der Waals surface area contributed by atoms with Crippen LogP contribution in [0.5, 0.6) is 5.75 Å². The minimum atomic E-state index is -1.69. The van der Waals surface area contributed by atoms with E-state index in [1.807, 2.05) is 17.6 Å². The summed E-state index contributed by atoms with van der Waals surface area (Å²) in [6.07, 6.45) is 3.08. The number of nitrogens with one attached hydrogen (secondary N) is 1. The Kier molecular flexibility index (Phi) is 5.28. The van der Waals surface area contributed by atoms with Crippen LogP contribution in [-0.2, 0) is 6.54 Å². The molecular formula is C19H20BN5O4. The Morgan fingerprint density at radius 1 is 1.28 bits per heavy atom. The summed E-state index contributed by atoms with van der Waals surface area (Å²) in [7, 11) is -1.69. The second kappa shape index (κ2) is 8.02. The van der Waals surface area contributed by atoms with E-state index in [0.29, 0.717) is 29.6 Å². The number of nitrogens with zero attached hydrogens (tertiary/aromatic N) is 4. The fourth-order valence-corrected chi connectivity index (χ4v) is 3.24. The van der Waals surface area contributed by atoms with Crippen molar-refractivity contribution in [3.63, 3.8) is 0 Å². The number of aryl methyl sites for hydroxylation is 1. The van der Waals surface area contributed by atoms with Gasteiger partial charge in [-0.25, -0.2) is 4.98 Å². The minimum absolute atomic E-state index is 0.148. The van der Waals surface area contributed by atoms with Crippen LogP contribution in [0.4, 0.5) is 5.82 Å². The molecule has 0 radical (unpaired) electrons. The number of anilines is 1. The first kappa shape index (κ1) is 19.1. The van der Waals surface area contributed by atoms with Gasteiger partial charge in [-0.05, 0) is 49.5 Å². The summed E-state index contributed by atoms with van der Waals surface area (Å²) in [6, 6.07) is 9.76. The van der Waals surface area contributed by atoms with Crippen LogP contribution >= 0.6 is 0 Å². The van der Waals surface area contributed by atoms with Crippen molar-refractivity contribution in [3.8, 4) is 17.3 Å². The quantitative estimate of drug-likeness (QED) is 0.524. The number of hydrogen-bond donors (Lipinski definition) is 3. The number of hydrogen-bond acceptors (Lipinski definition) is 7. The zero-order valence-electron chi connectivity index (χ0n) is 15.8. The van der Waals surface area contributed by atoms with Crippen molar-refractivity contribution in [1.29, 1.82) is 0 Å². The Bertz CT molecular complexity index is 1040. The fourth-order valence-electron chi connectivity index (χ4n) is 3.24. The van der Waals surface area contributed by atoms with Crippen molar-refractivity contribution in [2.24, 2.45) is 0 Å². The highest BCUT2D eigenvalue weighted by molar-refractivity contribution is 6.58. The zero-order valence-corrected chi connectivity index (χ0v) is 15.8. The maximum atomic E-state index is 12.9. The van der Waals surface area contributed by atoms with Gasteiger partial charge in [0.2, 0.25) is 0 Å². The van der Waals surface area contributed by atoms with E-state index < -0.39 is 13.0 Å². The predicted octanol–water partition coefficient (Wildman–Crippen LogP) is 0.833. The highest BCUT2D eigenvalue weighted by atomic mass is 16.5. The van der Waals surface area contributed by atoms with Gasteiger partial charge in [0.15, 0.2) is 5.82 Å². The third kappa shape index (κ3) is 4.13. The fraction of sp³-hybridized carbons (Fsp3) is 0.263. The van der Waals surface area contributed by atoms with Crippen molar-refractivity contribution in [2.45, 2.75) is 32.4 Å². The first-order valence-corrected chi connectivity index (χ1v) is 9.34. The number of rotatable bonds is 1. The minimum Gasteiger partial charge on any atom is -0.490 e. The first-order valence-electron chi connectivity index (χ1n) is 9.34. The smallest absolute Gasteiger partial charge is 0.488 e. The average Bonchev–Trinajstić information content (AvgIpc) is 3.16. The van der Waals surface area contributed by atoms with Gasteiger partial charge >= 0.3 is 7.12 Å². The number of benzene rings is 1. The number of pyridine rings is 1. The zero-order chi connectivity index (χ0) is 20.4. The molecule has 1 aliphatic heterocycles. The van der Waals surface area contributed by atoms with E-state index >= 15 is 0 Å². The standard InChI is InChI=1S/C19H20BN5O4/c1-12-4-3-9-25-11-21-24-18(25)15-5-2-6-17(22-15)23-19(26)14-10-13(20(27)28)7-8-16(14)29-12/h2,5-8,10-12,27-28H,3-4,9H2,1H3,(H,22,23,26)/t12-/m1/s1. The van der Waals surface area contributed by atoms with Gasteiger partial charge in [0.1, 0.15) is 23.6 Å². The number of carbonyl (C=O) groups is 1. The molecule has 0 saturated heterocycles. The SMILES string of the molecule is C[C@@H]1CCCn2cnnc2-c2cccc(n2)NC(=O)c2cc(B(O)O)ccc2O1. The molecule has 9 nitrogen and oxygen atoms in total. The molecular weight excluding hydrogens is 373 g/mol. The van der Waals surface area contributed by atoms with Crippen LogP contribution in [0, 0.1) is 0 Å². The van der Waals surface area contributed by atoms with Gasteiger partial charge in [-0.1, -0.05) is 12.1 Å². The highest BCUT2D eigenvalue weighted by Gasteiger charge is 2.21. The summed E-state index contributed by atoms with van der Waals surface area (Å²) in [5.74, 6) is 0.876. The Hall–Kier alpha value is -3.24. The van der Waals surface area contributed by atoms with Crippen LogP contribution in [0.2, 0.25) is 0 Å². The molecule has 0 saturated carbocycles. The Morgan fingerprint density at radius 3 is 2.97 bits per heavy atom. The summed E-state index contributed by atoms with van der Waals surface area (Å²) in [5, 5.41) is 29.8. The van der Waals surface area contributed by atoms with Gasteiger partial charge in [-0.3, -0.25) is 4.79 Å². The summed E-state index contributed by atoms with van der Waals surface area (Å²) in [6.45, 7) is 2.64. The van der Waals surface area contributed by atoms with E-state index in [2.05, 4.69) is 20.5 Å². The number of aromatic nitrogens is 4. The van der Waals surface area contributed by atoms with Crippen molar-refractivity contribution >= 4 is 24.3 Å². The summed E-state index contributed by atoms with van der Waals surface area (Å²) in [5.41, 5.74) is 1.00. The van der Waals surface area contributed by atoms with Gasteiger partial charge in [0.25, 0.3) is 5.91 Å². The Labute approximate surface area is 167 Å². The molecule has 3 N–H and O–H groups in total. The van der Waals surface area contributed by atoms with E-state index in [-0.39, 0.29) is 17.1 Å². The van der Waals surface area contributed by atoms with Crippen molar-refractivity contribution in [3.05, 3.63) is 48.3 Å². The maximum Gasteiger partial charge on any atom is 0.488 e. The molecule has 10 heteroatoms. The molecule has 0 spiro atoms. The molecule has 0 unspecified atom stereocenters. The molecule has 148 valence electrons. The van der Waals surface area contributed by atoms with Gasteiger partial charge in [-0.15, -0.1) is 10.2 Å². The lowest BCUT2D eigenvalue weighted by molar-refractivity contribution is 0.101. The van der Waals surface area contributed by atoms with Crippen LogP contribution in [0.15, 0.2) is 42.7 Å². The lowest BCUT2D eigenvalue weighted by Gasteiger charge is -2.19. The summed E-state index contributed by atoms with van der Waals surface area (Å²) >= 11 is 0. The van der Waals surface area contributed by atoms with Crippen LogP contribution in [-0.4, -0.2) is 48.9 Å². The Balaban J connectivity index is 1.76. The van der Waals surface area contributed by atoms with E-state index in [1.54, 1.807) is 24.5 Å². The van der Waals surface area contributed by atoms with Crippen LogP contribution in [0.1, 0.15) is 30.1 Å². The molecule has 29 heavy (non-hydrogen) atoms. The lowest BCUT2D eigenvalue weighted by atomic mass is 9.79. The Morgan fingerprint density at radius 2 is 2.14 bits per heavy atom. The third-order valence-electron chi connectivity index (χ3n) is 4.72. The van der Waals surface area contributed by atoms with Gasteiger partial charge in [-0.2, -0.15) is 0 Å². The maximum absolute atomic E-state index is 12.9. The molecule has 2 aromatic heterocycles. The number of ether oxygens (including phenoxy) is 1. The van der Waals surface area contributed by atoms with Crippen molar-refractivity contribution < 1.29 is 19.6 Å². The molecule has 1 amide bonds. The topological polar surface area (TPSA) is 122 Å². The molecule has 1 atom stereocenters. The van der Waals surface area contributed by atoms with E-state index in [9.17, 15) is 14.8 Å². The molecule has 1 aromatic carbocycles. The monoisotopic (exact) mass is 393 g/mol. The van der Waals surface area contributed by atoms with Gasteiger partial charge < -0.3 is 24.7 Å².